The zero-order valence-electron chi connectivity index (χ0n) is 25.3. The van der Waals surface area contributed by atoms with E-state index in [-0.39, 0.29) is 12.5 Å². The molecular weight excluding hydrogens is 543 g/mol. The van der Waals surface area contributed by atoms with E-state index in [1.807, 2.05) is 51.1 Å². The van der Waals surface area contributed by atoms with Crippen molar-refractivity contribution in [2.75, 3.05) is 13.0 Å². The number of rotatable bonds is 8. The summed E-state index contributed by atoms with van der Waals surface area (Å²) in [4.78, 5) is 0. The van der Waals surface area contributed by atoms with Crippen molar-refractivity contribution in [1.29, 1.82) is 0 Å². The minimum atomic E-state index is -3.41. The van der Waals surface area contributed by atoms with Crippen molar-refractivity contribution < 1.29 is 23.5 Å². The van der Waals surface area contributed by atoms with Crippen LogP contribution >= 0.6 is 19.2 Å². The second kappa shape index (κ2) is 18.1. The smallest absolute Gasteiger partial charge is 0.368 e. The monoisotopic (exact) mass is 588 g/mol. The fourth-order valence-corrected chi connectivity index (χ4v) is 5.84. The Morgan fingerprint density at radius 2 is 1.80 bits per heavy atom. The minimum Gasteiger partial charge on any atom is -0.512 e. The predicted octanol–water partition coefficient (Wildman–Crippen LogP) is 10.5. The zero-order valence-corrected chi connectivity index (χ0v) is 27.0. The van der Waals surface area contributed by atoms with Gasteiger partial charge in [0.2, 0.25) is 0 Å². The highest BCUT2D eigenvalue weighted by atomic mass is 35.5. The molecule has 2 aromatic carbocycles. The van der Waals surface area contributed by atoms with E-state index < -0.39 is 7.60 Å². The molecule has 0 aromatic heterocycles. The number of benzene rings is 2. The van der Waals surface area contributed by atoms with E-state index in [0.717, 1.165) is 35.1 Å². The zero-order chi connectivity index (χ0) is 30.3. The Morgan fingerprint density at radius 1 is 1.20 bits per heavy atom. The van der Waals surface area contributed by atoms with Gasteiger partial charge in [-0.1, -0.05) is 62.6 Å². The number of aliphatic hydroxyl groups excluding tert-OH is 1. The molecule has 0 spiro atoms. The van der Waals surface area contributed by atoms with Crippen LogP contribution in [0.15, 0.2) is 59.4 Å². The Morgan fingerprint density at radius 3 is 2.33 bits per heavy atom. The number of aliphatic hydroxyl groups is 1. The molecular formula is C33H46ClO5P. The molecule has 3 rings (SSSR count). The SMILES string of the molecule is C#CC.CCC.CCC(/C=C(\C)Cc1c(C)cc(OCP2(=O)OCCC(c3cccc(Cl)c3)O2)cc1C)=C(/C)O. The summed E-state index contributed by atoms with van der Waals surface area (Å²) < 4.78 is 30.5. The van der Waals surface area contributed by atoms with E-state index in [0.29, 0.717) is 29.6 Å². The normalized spacial score (nSPS) is 19.2. The van der Waals surface area contributed by atoms with Crippen molar-refractivity contribution >= 4 is 19.2 Å². The summed E-state index contributed by atoms with van der Waals surface area (Å²) in [5, 5.41) is 10.4. The van der Waals surface area contributed by atoms with Crippen LogP contribution < -0.4 is 4.74 Å². The molecule has 1 heterocycles. The molecule has 220 valence electrons. The Balaban J connectivity index is 0.00000122. The largest absolute Gasteiger partial charge is 0.512 e. The van der Waals surface area contributed by atoms with Gasteiger partial charge >= 0.3 is 7.60 Å². The molecule has 1 saturated heterocycles. The minimum absolute atomic E-state index is 0.151. The second-order valence-electron chi connectivity index (χ2n) is 9.82. The van der Waals surface area contributed by atoms with Crippen LogP contribution in [0.1, 0.15) is 89.2 Å². The number of hydrogen-bond acceptors (Lipinski definition) is 5. The maximum atomic E-state index is 13.2. The quantitative estimate of drug-likeness (QED) is 0.144. The van der Waals surface area contributed by atoms with Crippen molar-refractivity contribution in [3.8, 4) is 18.1 Å². The van der Waals surface area contributed by atoms with E-state index in [4.69, 9.17) is 25.4 Å². The average Bonchev–Trinajstić information content (AvgIpc) is 2.89. The van der Waals surface area contributed by atoms with Gasteiger partial charge in [0.05, 0.1) is 18.5 Å². The summed E-state index contributed by atoms with van der Waals surface area (Å²) in [5.41, 5.74) is 6.39. The summed E-state index contributed by atoms with van der Waals surface area (Å²) in [6, 6.07) is 11.3. The van der Waals surface area contributed by atoms with Gasteiger partial charge in [0.15, 0.2) is 6.35 Å². The second-order valence-corrected chi connectivity index (χ2v) is 12.2. The summed E-state index contributed by atoms with van der Waals surface area (Å²) in [7, 11) is -3.41. The topological polar surface area (TPSA) is 65.0 Å². The Labute approximate surface area is 247 Å². The van der Waals surface area contributed by atoms with Crippen LogP contribution in [0.5, 0.6) is 5.75 Å². The maximum Gasteiger partial charge on any atom is 0.368 e. The third kappa shape index (κ3) is 11.9. The maximum absolute atomic E-state index is 13.2. The van der Waals surface area contributed by atoms with Crippen LogP contribution in [0.25, 0.3) is 0 Å². The van der Waals surface area contributed by atoms with Crippen LogP contribution in [0.4, 0.5) is 0 Å². The Kier molecular flexibility index (Phi) is 16.0. The van der Waals surface area contributed by atoms with Gasteiger partial charge in [-0.05, 0) is 99.6 Å². The van der Waals surface area contributed by atoms with E-state index in [2.05, 4.69) is 39.2 Å². The number of terminal acetylenes is 1. The van der Waals surface area contributed by atoms with Crippen molar-refractivity contribution in [2.45, 2.75) is 87.2 Å². The number of hydrogen-bond donors (Lipinski definition) is 1. The molecule has 2 unspecified atom stereocenters. The third-order valence-electron chi connectivity index (χ3n) is 5.96. The van der Waals surface area contributed by atoms with Gasteiger partial charge in [-0.15, -0.1) is 12.3 Å². The molecule has 1 N–H and O–H groups in total. The van der Waals surface area contributed by atoms with Crippen LogP contribution in [-0.2, 0) is 20.0 Å². The molecule has 0 amide bonds. The number of aryl methyl sites for hydroxylation is 2. The van der Waals surface area contributed by atoms with E-state index in [1.54, 1.807) is 19.9 Å². The summed E-state index contributed by atoms with van der Waals surface area (Å²) in [6.07, 6.45) is 9.58. The van der Waals surface area contributed by atoms with Gasteiger partial charge in [-0.25, -0.2) is 0 Å². The van der Waals surface area contributed by atoms with Gasteiger partial charge < -0.3 is 14.4 Å². The Hall–Kier alpha value is -2.48. The van der Waals surface area contributed by atoms with Gasteiger partial charge in [0, 0.05) is 11.4 Å². The first-order chi connectivity index (χ1) is 18.9. The van der Waals surface area contributed by atoms with Crippen molar-refractivity contribution in [1.82, 2.24) is 0 Å². The highest BCUT2D eigenvalue weighted by molar-refractivity contribution is 7.53. The molecule has 5 nitrogen and oxygen atoms in total. The van der Waals surface area contributed by atoms with Gasteiger partial charge in [0.1, 0.15) is 5.75 Å². The molecule has 7 heteroatoms. The first kappa shape index (κ1) is 35.5. The number of ether oxygens (including phenoxy) is 1. The Bertz CT molecular complexity index is 1210. The lowest BCUT2D eigenvalue weighted by Gasteiger charge is -2.30. The van der Waals surface area contributed by atoms with Gasteiger partial charge in [0.25, 0.3) is 0 Å². The molecule has 0 aliphatic carbocycles. The van der Waals surface area contributed by atoms with Gasteiger partial charge in [-0.3, -0.25) is 9.09 Å². The fraction of sp³-hybridized carbons (Fsp3) is 0.455. The molecule has 1 aliphatic rings. The summed E-state index contributed by atoms with van der Waals surface area (Å²) >= 11 is 6.10. The average molecular weight is 589 g/mol. The van der Waals surface area contributed by atoms with Gasteiger partial charge in [-0.2, -0.15) is 0 Å². The third-order valence-corrected chi connectivity index (χ3v) is 7.79. The first-order valence-electron chi connectivity index (χ1n) is 13.8. The van der Waals surface area contributed by atoms with Crippen LogP contribution in [0.2, 0.25) is 5.02 Å². The molecule has 0 bridgehead atoms. The molecule has 2 aromatic rings. The number of allylic oxidation sites excluding steroid dienone is 4. The van der Waals surface area contributed by atoms with E-state index in [9.17, 15) is 9.67 Å². The molecule has 0 saturated carbocycles. The highest BCUT2D eigenvalue weighted by Gasteiger charge is 2.35. The first-order valence-corrected chi connectivity index (χ1v) is 15.9. The van der Waals surface area contributed by atoms with Crippen LogP contribution in [0, 0.1) is 26.2 Å². The van der Waals surface area contributed by atoms with Crippen molar-refractivity contribution in [3.05, 3.63) is 86.7 Å². The summed E-state index contributed by atoms with van der Waals surface area (Å²) in [5.74, 6) is 3.24. The number of halogens is 1. The molecule has 1 fully saturated rings. The van der Waals surface area contributed by atoms with Crippen molar-refractivity contribution in [2.24, 2.45) is 0 Å². The molecule has 40 heavy (non-hydrogen) atoms. The lowest BCUT2D eigenvalue weighted by molar-refractivity contribution is 0.0725. The summed E-state index contributed by atoms with van der Waals surface area (Å²) in [6.45, 7) is 16.1. The van der Waals surface area contributed by atoms with Crippen LogP contribution in [0.3, 0.4) is 0 Å². The van der Waals surface area contributed by atoms with E-state index in [1.165, 1.54) is 17.6 Å². The van der Waals surface area contributed by atoms with Crippen LogP contribution in [-0.4, -0.2) is 18.1 Å². The molecule has 2 atom stereocenters. The fourth-order valence-electron chi connectivity index (χ4n) is 4.14. The van der Waals surface area contributed by atoms with Crippen molar-refractivity contribution in [3.63, 3.8) is 0 Å². The molecule has 0 radical (unpaired) electrons. The standard InChI is InChI=1S/C27H34ClO5P.C3H8.C3H4/c1-6-22(21(5)29)12-18(2)13-26-19(3)14-25(15-20(26)4)31-17-34(30)32-11-10-27(33-34)23-8-7-9-24(28)16-23;2*1-3-2/h7-9,12,14-16,27,29H,6,10-11,13,17H2,1-5H3;3H2,1-2H3;1H,2H3/b18-12+,22-21+;;. The molecule has 1 aliphatic heterocycles. The predicted molar refractivity (Wildman–Crippen MR) is 168 cm³/mol. The lowest BCUT2D eigenvalue weighted by atomic mass is 9.95. The van der Waals surface area contributed by atoms with E-state index >= 15 is 0 Å². The lowest BCUT2D eigenvalue weighted by Crippen LogP contribution is -2.17. The highest BCUT2D eigenvalue weighted by Crippen LogP contribution is 2.56.